The zero-order valence-corrected chi connectivity index (χ0v) is 15.5. The van der Waals surface area contributed by atoms with E-state index in [1.165, 1.54) is 0 Å². The first-order valence-electron chi connectivity index (χ1n) is 9.61. The molecule has 1 aromatic carbocycles. The van der Waals surface area contributed by atoms with Gasteiger partial charge in [-0.3, -0.25) is 4.98 Å². The lowest BCUT2D eigenvalue weighted by molar-refractivity contribution is 0.000663. The molecule has 2 fully saturated rings. The Morgan fingerprint density at radius 2 is 1.89 bits per heavy atom. The van der Waals surface area contributed by atoms with Crippen LogP contribution in [0.1, 0.15) is 31.2 Å². The smallest absolute Gasteiger partial charge is 0.168 e. The number of aromatic hydroxyl groups is 1. The van der Waals surface area contributed by atoms with Crippen LogP contribution in [0.15, 0.2) is 30.6 Å². The number of halogens is 1. The lowest BCUT2D eigenvalue weighted by Gasteiger charge is -2.29. The van der Waals surface area contributed by atoms with Crippen LogP contribution in [0.3, 0.4) is 0 Å². The van der Waals surface area contributed by atoms with Crippen LogP contribution in [0.5, 0.6) is 5.75 Å². The van der Waals surface area contributed by atoms with Gasteiger partial charge in [0.05, 0.1) is 12.2 Å². The number of pyridine rings is 1. The van der Waals surface area contributed by atoms with Gasteiger partial charge >= 0.3 is 0 Å². The number of fused-ring (bicyclic) bond motifs is 3. The molecule has 0 radical (unpaired) electrons. The van der Waals surface area contributed by atoms with Crippen molar-refractivity contribution in [2.24, 2.45) is 0 Å². The minimum atomic E-state index is -0.638. The highest BCUT2D eigenvalue weighted by Gasteiger charge is 2.35. The first kappa shape index (κ1) is 17.3. The normalized spacial score (nSPS) is 23.9. The van der Waals surface area contributed by atoms with Crippen LogP contribution < -0.4 is 5.32 Å². The molecule has 0 amide bonds. The molecule has 3 atom stereocenters. The van der Waals surface area contributed by atoms with Gasteiger partial charge < -0.3 is 15.2 Å². The maximum Gasteiger partial charge on any atom is 0.168 e. The van der Waals surface area contributed by atoms with Crippen LogP contribution in [-0.2, 0) is 4.74 Å². The predicted octanol–water partition coefficient (Wildman–Crippen LogP) is 3.97. The lowest BCUT2D eigenvalue weighted by Crippen LogP contribution is -2.34. The molecule has 5 rings (SSSR count). The van der Waals surface area contributed by atoms with Crippen molar-refractivity contribution in [2.45, 2.75) is 50.9 Å². The fourth-order valence-electron chi connectivity index (χ4n) is 4.33. The fraction of sp³-hybridized carbons (Fsp3) is 0.381. The highest BCUT2D eigenvalue weighted by molar-refractivity contribution is 6.00. The Labute approximate surface area is 161 Å². The highest BCUT2D eigenvalue weighted by atomic mass is 19.1. The van der Waals surface area contributed by atoms with Gasteiger partial charge in [0.1, 0.15) is 5.69 Å². The number of nitrogens with zero attached hydrogens (tertiary/aromatic N) is 3. The Morgan fingerprint density at radius 3 is 2.68 bits per heavy atom. The molecule has 2 aliphatic rings. The van der Waals surface area contributed by atoms with Gasteiger partial charge in [0.25, 0.3) is 0 Å². The molecule has 2 N–H and O–H groups in total. The number of ether oxygens (including phenoxy) is 1. The zero-order valence-electron chi connectivity index (χ0n) is 15.5. The van der Waals surface area contributed by atoms with E-state index < -0.39 is 11.6 Å². The summed E-state index contributed by atoms with van der Waals surface area (Å²) in [4.78, 5) is 4.23. The van der Waals surface area contributed by atoms with Gasteiger partial charge in [-0.2, -0.15) is 0 Å². The molecule has 0 spiro atoms. The van der Waals surface area contributed by atoms with E-state index in [2.05, 4.69) is 20.5 Å². The number of benzene rings is 1. The van der Waals surface area contributed by atoms with Crippen molar-refractivity contribution in [3.05, 3.63) is 42.0 Å². The van der Waals surface area contributed by atoms with Gasteiger partial charge in [0.15, 0.2) is 17.4 Å². The van der Waals surface area contributed by atoms with E-state index in [-0.39, 0.29) is 6.04 Å². The molecule has 28 heavy (non-hydrogen) atoms. The Balaban J connectivity index is 1.55. The SMILES string of the molecule is Cc1ccc(-c2nnc(NC3C[C@H]4CC[C@@H](C3)O4)c3cnccc23)c(O)c1F. The summed E-state index contributed by atoms with van der Waals surface area (Å²) in [5, 5.41) is 24.1. The van der Waals surface area contributed by atoms with Crippen LogP contribution in [0.4, 0.5) is 10.2 Å². The van der Waals surface area contributed by atoms with E-state index in [9.17, 15) is 9.50 Å². The molecule has 3 aromatic rings. The number of phenolic OH excluding ortho intramolecular Hbond substituents is 1. The molecule has 6 nitrogen and oxygen atoms in total. The van der Waals surface area contributed by atoms with Crippen LogP contribution in [0.25, 0.3) is 22.0 Å². The van der Waals surface area contributed by atoms with Crippen molar-refractivity contribution < 1.29 is 14.2 Å². The molecule has 2 aliphatic heterocycles. The number of aryl methyl sites for hydroxylation is 1. The standard InChI is InChI=1S/C21H21FN4O2/c1-11-2-5-16(20(27)18(11)22)19-15-6-7-23-10-17(15)21(26-25-19)24-12-8-13-3-4-14(9-12)28-13/h2,5-7,10,12-14,27H,3-4,8-9H2,1H3,(H,24,26)/t12?,13-,14+. The maximum atomic E-state index is 14.2. The number of rotatable bonds is 3. The molecule has 2 saturated heterocycles. The molecule has 7 heteroatoms. The van der Waals surface area contributed by atoms with Gasteiger partial charge in [-0.05, 0) is 50.3 Å². The molecule has 1 unspecified atom stereocenters. The summed E-state index contributed by atoms with van der Waals surface area (Å²) in [5.41, 5.74) is 1.14. The quantitative estimate of drug-likeness (QED) is 0.716. The van der Waals surface area contributed by atoms with Crippen molar-refractivity contribution in [1.82, 2.24) is 15.2 Å². The molecule has 144 valence electrons. The summed E-state index contributed by atoms with van der Waals surface area (Å²) in [7, 11) is 0. The Bertz CT molecular complexity index is 1050. The number of hydrogen-bond acceptors (Lipinski definition) is 6. The molecule has 0 aliphatic carbocycles. The van der Waals surface area contributed by atoms with Gasteiger partial charge in [0, 0.05) is 34.8 Å². The van der Waals surface area contributed by atoms with Crippen LogP contribution >= 0.6 is 0 Å². The summed E-state index contributed by atoms with van der Waals surface area (Å²) in [6.07, 6.45) is 8.17. The van der Waals surface area contributed by atoms with Gasteiger partial charge in [0.2, 0.25) is 0 Å². The van der Waals surface area contributed by atoms with Crippen molar-refractivity contribution >= 4 is 16.6 Å². The number of nitrogens with one attached hydrogen (secondary N) is 1. The Kier molecular flexibility index (Phi) is 4.12. The summed E-state index contributed by atoms with van der Waals surface area (Å²) < 4.78 is 20.1. The zero-order chi connectivity index (χ0) is 19.3. The lowest BCUT2D eigenvalue weighted by atomic mass is 10.0. The van der Waals surface area contributed by atoms with Crippen LogP contribution in [0, 0.1) is 12.7 Å². The van der Waals surface area contributed by atoms with Crippen molar-refractivity contribution in [2.75, 3.05) is 5.32 Å². The molecule has 2 bridgehead atoms. The first-order valence-corrected chi connectivity index (χ1v) is 9.61. The summed E-state index contributed by atoms with van der Waals surface area (Å²) in [5.74, 6) is -0.388. The van der Waals surface area contributed by atoms with Crippen LogP contribution in [0.2, 0.25) is 0 Å². The largest absolute Gasteiger partial charge is 0.504 e. The maximum absolute atomic E-state index is 14.2. The second-order valence-corrected chi connectivity index (χ2v) is 7.68. The third kappa shape index (κ3) is 2.86. The van der Waals surface area contributed by atoms with E-state index >= 15 is 0 Å². The van der Waals surface area contributed by atoms with E-state index in [0.29, 0.717) is 34.8 Å². The number of phenols is 1. The summed E-state index contributed by atoms with van der Waals surface area (Å²) in [6.45, 7) is 1.61. The van der Waals surface area contributed by atoms with E-state index in [0.717, 1.165) is 36.5 Å². The average molecular weight is 380 g/mol. The average Bonchev–Trinajstić information content (AvgIpc) is 3.05. The number of anilines is 1. The third-order valence-corrected chi connectivity index (χ3v) is 5.78. The van der Waals surface area contributed by atoms with Gasteiger partial charge in [-0.25, -0.2) is 4.39 Å². The first-order chi connectivity index (χ1) is 13.6. The molecular formula is C21H21FN4O2. The van der Waals surface area contributed by atoms with E-state index in [4.69, 9.17) is 4.74 Å². The van der Waals surface area contributed by atoms with Crippen molar-refractivity contribution in [1.29, 1.82) is 0 Å². The highest BCUT2D eigenvalue weighted by Crippen LogP contribution is 2.38. The van der Waals surface area contributed by atoms with Crippen molar-refractivity contribution in [3.63, 3.8) is 0 Å². The Morgan fingerprint density at radius 1 is 1.11 bits per heavy atom. The predicted molar refractivity (Wildman–Crippen MR) is 104 cm³/mol. The number of hydrogen-bond donors (Lipinski definition) is 2. The van der Waals surface area contributed by atoms with E-state index in [1.54, 1.807) is 31.5 Å². The topological polar surface area (TPSA) is 80.2 Å². The van der Waals surface area contributed by atoms with Gasteiger partial charge in [-0.15, -0.1) is 10.2 Å². The minimum absolute atomic E-state index is 0.278. The third-order valence-electron chi connectivity index (χ3n) is 5.78. The van der Waals surface area contributed by atoms with Crippen LogP contribution in [-0.4, -0.2) is 38.5 Å². The number of aromatic nitrogens is 3. The molecule has 2 aromatic heterocycles. The summed E-state index contributed by atoms with van der Waals surface area (Å²) >= 11 is 0. The van der Waals surface area contributed by atoms with Crippen molar-refractivity contribution in [3.8, 4) is 17.0 Å². The minimum Gasteiger partial charge on any atom is -0.504 e. The molecule has 0 saturated carbocycles. The second kappa shape index (κ2) is 6.67. The van der Waals surface area contributed by atoms with Gasteiger partial charge in [-0.1, -0.05) is 6.07 Å². The van der Waals surface area contributed by atoms with E-state index in [1.807, 2.05) is 6.07 Å². The second-order valence-electron chi connectivity index (χ2n) is 7.68. The Hall–Kier alpha value is -2.80. The summed E-state index contributed by atoms with van der Waals surface area (Å²) in [6, 6.07) is 5.39. The fourth-order valence-corrected chi connectivity index (χ4v) is 4.33. The molecular weight excluding hydrogens is 359 g/mol. The molecule has 4 heterocycles. The monoisotopic (exact) mass is 380 g/mol.